The third-order valence-electron chi connectivity index (χ3n) is 13.3. The van der Waals surface area contributed by atoms with Crippen molar-refractivity contribution in [2.75, 3.05) is 25.1 Å². The van der Waals surface area contributed by atoms with Crippen LogP contribution in [0.5, 0.6) is 0 Å². The van der Waals surface area contributed by atoms with Gasteiger partial charge in [-0.2, -0.15) is 0 Å². The molecule has 3 saturated heterocycles. The topological polar surface area (TPSA) is 184 Å². The summed E-state index contributed by atoms with van der Waals surface area (Å²) in [5.41, 5.74) is 7.20. The Balaban J connectivity index is 1.09. The van der Waals surface area contributed by atoms with Crippen molar-refractivity contribution in [3.63, 3.8) is 0 Å². The van der Waals surface area contributed by atoms with E-state index in [2.05, 4.69) is 84.8 Å². The van der Waals surface area contributed by atoms with E-state index >= 15 is 0 Å². The molecule has 8 rings (SSSR count). The zero-order valence-corrected chi connectivity index (χ0v) is 38.1. The van der Waals surface area contributed by atoms with Crippen molar-refractivity contribution in [2.45, 2.75) is 129 Å². The van der Waals surface area contributed by atoms with E-state index in [0.717, 1.165) is 42.5 Å². The predicted molar refractivity (Wildman–Crippen MR) is 242 cm³/mol. The minimum Gasteiger partial charge on any atom is -0.465 e. The number of rotatable bonds is 11. The highest BCUT2D eigenvalue weighted by Crippen LogP contribution is 2.48. The van der Waals surface area contributed by atoms with E-state index in [1.165, 1.54) is 12.7 Å². The molecule has 0 saturated carbocycles. The number of nitrogens with one attached hydrogen (secondary N) is 2. The third kappa shape index (κ3) is 8.73. The normalized spacial score (nSPS) is 21.3. The molecule has 3 fully saturated rings. The number of carbonyl (C=O) groups excluding carboxylic acids is 3. The van der Waals surface area contributed by atoms with E-state index in [1.54, 1.807) is 9.80 Å². The molecule has 340 valence electrons. The fourth-order valence-electron chi connectivity index (χ4n) is 9.85. The second-order valence-electron chi connectivity index (χ2n) is 19.3. The molecule has 0 radical (unpaired) electrons. The number of nitrogens with zero attached hydrogens (tertiary/aromatic N) is 5. The van der Waals surface area contributed by atoms with Gasteiger partial charge in [-0.15, -0.1) is 0 Å². The smallest absolute Gasteiger partial charge is 0.407 e. The van der Waals surface area contributed by atoms with Crippen molar-refractivity contribution < 1.29 is 37.9 Å². The zero-order chi connectivity index (χ0) is 45.6. The number of hydrogen-bond donors (Lipinski definition) is 3. The SMILES string of the molecule is COC(=O)N[C@H](C(=O)N1CCC[C@H]1c1nc2ccc([C@H]3CC[C@H](c4ccc5nc([C@@H]6CCCN6C(=O)[C@@H](NC(=O)O)C(C)C)oc5c4)N3c3ccc(C(C)(C)C)cc3)cc2o1)C(C)C. The summed E-state index contributed by atoms with van der Waals surface area (Å²) in [6, 6.07) is 18.9. The van der Waals surface area contributed by atoms with Gasteiger partial charge in [0.15, 0.2) is 11.2 Å². The fourth-order valence-corrected chi connectivity index (χ4v) is 9.85. The van der Waals surface area contributed by atoms with E-state index in [0.29, 0.717) is 59.9 Å². The molecule has 64 heavy (non-hydrogen) atoms. The number of ether oxygens (including phenoxy) is 1. The van der Waals surface area contributed by atoms with Crippen LogP contribution in [0.2, 0.25) is 0 Å². The summed E-state index contributed by atoms with van der Waals surface area (Å²) in [7, 11) is 1.29. The molecule has 0 aliphatic carbocycles. The van der Waals surface area contributed by atoms with Gasteiger partial charge >= 0.3 is 12.2 Å². The molecule has 0 spiro atoms. The van der Waals surface area contributed by atoms with Gasteiger partial charge in [-0.1, -0.05) is 72.7 Å². The molecule has 3 aliphatic heterocycles. The van der Waals surface area contributed by atoms with Gasteiger partial charge in [-0.05, 0) is 109 Å². The number of carbonyl (C=O) groups is 4. The van der Waals surface area contributed by atoms with Crippen molar-refractivity contribution >= 4 is 51.9 Å². The molecule has 0 unspecified atom stereocenters. The molecule has 3 aliphatic rings. The zero-order valence-electron chi connectivity index (χ0n) is 38.1. The maximum Gasteiger partial charge on any atom is 0.407 e. The number of amides is 4. The van der Waals surface area contributed by atoms with Crippen LogP contribution in [0.25, 0.3) is 22.2 Å². The van der Waals surface area contributed by atoms with E-state index in [-0.39, 0.29) is 47.2 Å². The predicted octanol–water partition coefficient (Wildman–Crippen LogP) is 9.35. The summed E-state index contributed by atoms with van der Waals surface area (Å²) in [6.45, 7) is 15.1. The van der Waals surface area contributed by atoms with Gasteiger partial charge in [0.05, 0.1) is 19.2 Å². The fraction of sp³-hybridized carbons (Fsp3) is 0.510. The number of methoxy groups -OCH3 is 1. The number of fused-ring (bicyclic) bond motifs is 2. The van der Waals surface area contributed by atoms with Gasteiger partial charge in [-0.3, -0.25) is 9.59 Å². The summed E-state index contributed by atoms with van der Waals surface area (Å²) in [5, 5.41) is 14.6. The molecule has 2 aromatic heterocycles. The van der Waals surface area contributed by atoms with Gasteiger partial charge in [0.25, 0.3) is 0 Å². The Morgan fingerprint density at radius 2 is 1.16 bits per heavy atom. The lowest BCUT2D eigenvalue weighted by atomic mass is 9.87. The highest BCUT2D eigenvalue weighted by molar-refractivity contribution is 5.87. The monoisotopic (exact) mass is 875 g/mol. The molecule has 5 aromatic rings. The van der Waals surface area contributed by atoms with Crippen molar-refractivity contribution in [3.8, 4) is 0 Å². The van der Waals surface area contributed by atoms with Gasteiger partial charge in [-0.25, -0.2) is 19.6 Å². The first-order chi connectivity index (χ1) is 30.5. The molecular weight excluding hydrogens is 815 g/mol. The molecule has 3 aromatic carbocycles. The van der Waals surface area contributed by atoms with Crippen LogP contribution in [-0.2, 0) is 19.7 Å². The van der Waals surface area contributed by atoms with Gasteiger partial charge in [0.1, 0.15) is 35.2 Å². The van der Waals surface area contributed by atoms with Crippen molar-refractivity contribution in [2.24, 2.45) is 11.8 Å². The standard InChI is InChI=1S/C49H61N7O8/c1-27(2)41(52-47(59)60)45(57)54-23-9-11-37(54)43-50-33-19-13-29(25-39(33)63-43)35-21-22-36(56(35)32-17-15-31(16-18-32)49(5,6)7)30-14-20-34-40(26-30)64-44(51-34)38-12-10-24-55(38)46(58)42(28(3)4)53-48(61)62-8/h13-20,25-28,35-38,41-42,52H,9-12,21-24H2,1-8H3,(H,53,61)(H,59,60)/t35-,36-,37+,38+,41+,42+/m1/s1. The van der Waals surface area contributed by atoms with Crippen LogP contribution in [0.4, 0.5) is 15.3 Å². The molecule has 15 heteroatoms. The van der Waals surface area contributed by atoms with Crippen molar-refractivity contribution in [1.82, 2.24) is 30.4 Å². The Hall–Kier alpha value is -6.12. The van der Waals surface area contributed by atoms with Crippen LogP contribution in [0.15, 0.2) is 69.5 Å². The van der Waals surface area contributed by atoms with Crippen LogP contribution in [0, 0.1) is 11.8 Å². The molecule has 3 N–H and O–H groups in total. The summed E-state index contributed by atoms with van der Waals surface area (Å²) in [4.78, 5) is 67.0. The third-order valence-corrected chi connectivity index (χ3v) is 13.3. The Morgan fingerprint density at radius 1 is 0.688 bits per heavy atom. The van der Waals surface area contributed by atoms with Gasteiger partial charge in [0.2, 0.25) is 23.6 Å². The van der Waals surface area contributed by atoms with Crippen molar-refractivity contribution in [1.29, 1.82) is 0 Å². The molecule has 5 heterocycles. The minimum atomic E-state index is -1.23. The molecule has 0 bridgehead atoms. The van der Waals surface area contributed by atoms with Crippen LogP contribution in [0.1, 0.15) is 140 Å². The van der Waals surface area contributed by atoms with Gasteiger partial charge in [0, 0.05) is 18.8 Å². The number of anilines is 1. The Kier molecular flexibility index (Phi) is 12.4. The first kappa shape index (κ1) is 44.5. The maximum absolute atomic E-state index is 13.8. The molecule has 4 amide bonds. The minimum absolute atomic E-state index is 0.00320. The number of likely N-dealkylation sites (tertiary alicyclic amines) is 2. The Labute approximate surface area is 373 Å². The van der Waals surface area contributed by atoms with E-state index < -0.39 is 30.3 Å². The number of hydrogen-bond acceptors (Lipinski definition) is 10. The van der Waals surface area contributed by atoms with Crippen LogP contribution in [-0.4, -0.2) is 81.2 Å². The van der Waals surface area contributed by atoms with Gasteiger partial charge < -0.3 is 44.0 Å². The molecule has 6 atom stereocenters. The second-order valence-corrected chi connectivity index (χ2v) is 19.3. The average molecular weight is 876 g/mol. The number of carboxylic acid groups (broad SMARTS) is 1. The summed E-state index contributed by atoms with van der Waals surface area (Å²) in [6.07, 6.45) is 2.79. The maximum atomic E-state index is 13.8. The Morgan fingerprint density at radius 3 is 1.58 bits per heavy atom. The van der Waals surface area contributed by atoms with Crippen LogP contribution in [0.3, 0.4) is 0 Å². The lowest BCUT2D eigenvalue weighted by Gasteiger charge is -2.34. The van der Waals surface area contributed by atoms with E-state index in [9.17, 15) is 24.3 Å². The van der Waals surface area contributed by atoms with E-state index in [1.807, 2.05) is 39.8 Å². The van der Waals surface area contributed by atoms with Crippen LogP contribution >= 0.6 is 0 Å². The van der Waals surface area contributed by atoms with E-state index in [4.69, 9.17) is 23.5 Å². The van der Waals surface area contributed by atoms with Crippen LogP contribution < -0.4 is 15.5 Å². The second kappa shape index (κ2) is 17.8. The summed E-state index contributed by atoms with van der Waals surface area (Å²) < 4.78 is 17.8. The highest BCUT2D eigenvalue weighted by atomic mass is 16.5. The number of aromatic nitrogens is 2. The highest BCUT2D eigenvalue weighted by Gasteiger charge is 2.41. The number of oxazole rings is 2. The lowest BCUT2D eigenvalue weighted by molar-refractivity contribution is -0.136. The number of benzene rings is 3. The largest absolute Gasteiger partial charge is 0.465 e. The summed E-state index contributed by atoms with van der Waals surface area (Å²) in [5.74, 6) is 0.114. The first-order valence-corrected chi connectivity index (χ1v) is 22.7. The summed E-state index contributed by atoms with van der Waals surface area (Å²) >= 11 is 0. The first-order valence-electron chi connectivity index (χ1n) is 22.7. The average Bonchev–Trinajstić information content (AvgIpc) is 4.11. The number of alkyl carbamates (subject to hydrolysis) is 1. The molecule has 15 nitrogen and oxygen atoms in total. The quantitative estimate of drug-likeness (QED) is 0.115. The van der Waals surface area contributed by atoms with Crippen molar-refractivity contribution in [3.05, 3.63) is 89.1 Å². The lowest BCUT2D eigenvalue weighted by Crippen LogP contribution is -2.51. The molecular formula is C49H61N7O8. The Bertz CT molecular complexity index is 2520.